The molecule has 0 aliphatic carbocycles. The third-order valence-electron chi connectivity index (χ3n) is 18.9. The number of hydrogen-bond acceptors (Lipinski definition) is 30. The van der Waals surface area contributed by atoms with Gasteiger partial charge >= 0.3 is 53.5 Å². The van der Waals surface area contributed by atoms with E-state index in [1.807, 2.05) is 0 Å². The molecule has 0 bridgehead atoms. The number of thiazole rings is 1. The Hall–Kier alpha value is -10.7. The molecule has 6 fully saturated rings. The van der Waals surface area contributed by atoms with Gasteiger partial charge in [0.1, 0.15) is 83.3 Å². The number of alkyl halides is 1. The molecule has 7 aromatic rings. The summed E-state index contributed by atoms with van der Waals surface area (Å²) in [5, 5.41) is 28.2. The van der Waals surface area contributed by atoms with Crippen molar-refractivity contribution in [1.82, 2.24) is 36.9 Å². The molecule has 0 saturated carbocycles. The summed E-state index contributed by atoms with van der Waals surface area (Å²) in [6.07, 6.45) is -0.934. The van der Waals surface area contributed by atoms with Gasteiger partial charge in [0.2, 0.25) is 0 Å². The summed E-state index contributed by atoms with van der Waals surface area (Å²) in [5.74, 6) is -3.80. The van der Waals surface area contributed by atoms with Gasteiger partial charge in [-0.25, -0.2) is 69.7 Å². The number of hydrogen-bond donors (Lipinski definition) is 6. The van der Waals surface area contributed by atoms with Crippen molar-refractivity contribution in [2.24, 2.45) is 0 Å². The van der Waals surface area contributed by atoms with Crippen LogP contribution in [0.25, 0.3) is 0 Å². The van der Waals surface area contributed by atoms with Crippen LogP contribution < -0.4 is 61.3 Å². The van der Waals surface area contributed by atoms with Gasteiger partial charge in [0.05, 0.1) is 186 Å². The molecule has 7 atom stereocenters. The van der Waals surface area contributed by atoms with Crippen LogP contribution in [0.2, 0.25) is 0 Å². The zero-order valence-corrected chi connectivity index (χ0v) is 85.0. The fraction of sp³-hybridized carbons (Fsp3) is 0.391. The van der Waals surface area contributed by atoms with Crippen molar-refractivity contribution in [2.45, 2.75) is 136 Å². The molecule has 51 heteroatoms. The number of anilines is 6. The summed E-state index contributed by atoms with van der Waals surface area (Å²) < 4.78 is 137. The van der Waals surface area contributed by atoms with Crippen molar-refractivity contribution in [3.63, 3.8) is 0 Å². The first-order valence-electron chi connectivity index (χ1n) is 41.0. The normalized spacial score (nSPS) is 17.4. The second-order valence-electron chi connectivity index (χ2n) is 30.6. The van der Waals surface area contributed by atoms with Crippen molar-refractivity contribution >= 4 is 260 Å². The smallest absolute Gasteiger partial charge is 0.414 e. The van der Waals surface area contributed by atoms with Crippen molar-refractivity contribution < 1.29 is 112 Å². The molecular formula is C87H99ClF6N14O19S11. The van der Waals surface area contributed by atoms with E-state index in [4.69, 9.17) is 118 Å². The van der Waals surface area contributed by atoms with Crippen LogP contribution in [0.3, 0.4) is 0 Å². The largest absolute Gasteiger partial charge is 0.465 e. The van der Waals surface area contributed by atoms with E-state index in [2.05, 4.69) is 41.6 Å². The monoisotopic (exact) mass is 2140 g/mol. The number of ether oxygens (including phenoxy) is 8. The summed E-state index contributed by atoms with van der Waals surface area (Å²) in [4.78, 5) is 122. The quantitative estimate of drug-likeness (QED) is 0.00388. The summed E-state index contributed by atoms with van der Waals surface area (Å²) in [7, 11) is -0.238. The SMILES string of the molecule is C.CC(=S)NC[C@H]1CN(c2ccc(C(=O)OC(C)(C)C)c(F)c2)C(=O)O1.CC(=S)NC[C@H]1CN(c2ccc(S(C)=O)c(F)c2)C(=O)O1.CC(=S)NC[C@H]1CN(c2ccc(SCCCl)c(F)c2)C(=O)O1.CC(=S)NC[C@H]1CN(c2ccc(Sc3ncc([N+](=O)[O-])s3)c(F)c2)C(=O)O1.COC(=O)c1ccc(N2C[C@H](CNC(C)=S)OC2=O)cc1F.CSc1ccc(N2C[C@H](CNC(C)=S)OC2=O)cc1F. The molecule has 6 saturated heterocycles. The average molecular weight is 2150 g/mol. The Morgan fingerprint density at radius 1 is 0.486 bits per heavy atom. The first-order valence-corrected chi connectivity index (χ1v) is 49.4. The highest BCUT2D eigenvalue weighted by molar-refractivity contribution is 8.01. The van der Waals surface area contributed by atoms with Gasteiger partial charge in [-0.05, 0) is 189 Å². The van der Waals surface area contributed by atoms with Gasteiger partial charge in [0.15, 0.2) is 4.34 Å². The van der Waals surface area contributed by atoms with Crippen LogP contribution in [0, 0.1) is 45.0 Å². The molecule has 6 amide bonds. The zero-order chi connectivity index (χ0) is 101. The first-order chi connectivity index (χ1) is 64.7. The summed E-state index contributed by atoms with van der Waals surface area (Å²) >= 11 is 39.6. The standard InChI is InChI=1S/C17H21FN2O4S.C15H13FN4O4S3.C14H16ClFN2O2S2.C14H15FN2O4S.C13H15FN2O3S2.C13H15FN2O2S2.CH4/c1-10(25)19-8-12-9-20(16(22)23-12)11-5-6-13(14(18)7-11)15(21)24-17(2,3)4;1-8(25)17-5-10-7-19(15(21)24-10)9-2-3-12(11(16)4-9)26-14-18-6-13(27-14)20(22)23;1-9(21)17-7-11-8-18(14(19)20-11)10-2-3-13(12(16)6-10)22-5-4-15;1-8(22)16-6-10-7-17(14(19)21-10)9-3-4-11(12(15)5-9)13(18)20-2;1-8(20)15-6-10-7-16(13(17)19-10)9-3-4-12(21(2)18)11(14)5-9;1-8(19)15-6-10-7-16(13(17)18-10)9-3-4-12(20-2)11(14)5-9;/h5-7,12H,8-9H2,1-4H3,(H,19,25);2-4,6,10H,5,7H2,1H3,(H,17,25);2-3,6,11H,4-5,7-8H2,1H3,(H,17,21);3-5,10H,6-7H2,1-2H3,(H,16,22);3-5,10H,6-7H2,1-2H3,(H,15,20);3-5,10H,6-7H2,1-2H3,(H,15,19);1H4/t12-;10-;11-;10-;10-,21?;10-;/m000000./s1. The maximum Gasteiger partial charge on any atom is 0.414 e. The highest BCUT2D eigenvalue weighted by Crippen LogP contribution is 2.39. The number of benzene rings is 6. The highest BCUT2D eigenvalue weighted by atomic mass is 35.5. The van der Waals surface area contributed by atoms with E-state index in [-0.39, 0.29) is 101 Å². The molecule has 33 nitrogen and oxygen atoms in total. The minimum atomic E-state index is -1.41. The Labute approximate surface area is 848 Å². The number of nitro groups is 1. The predicted molar refractivity (Wildman–Crippen MR) is 543 cm³/mol. The van der Waals surface area contributed by atoms with E-state index < -0.39 is 93.1 Å². The van der Waals surface area contributed by atoms with Crippen molar-refractivity contribution in [3.05, 3.63) is 172 Å². The molecule has 138 heavy (non-hydrogen) atoms. The number of thiocarbonyl (C=S) groups is 6. The molecule has 6 N–H and O–H groups in total. The van der Waals surface area contributed by atoms with E-state index in [1.165, 1.54) is 127 Å². The van der Waals surface area contributed by atoms with E-state index in [0.29, 0.717) is 149 Å². The van der Waals surface area contributed by atoms with Gasteiger partial charge in [0.25, 0.3) is 0 Å². The number of halogens is 7. The summed E-state index contributed by atoms with van der Waals surface area (Å²) in [6, 6.07) is 25.7. The van der Waals surface area contributed by atoms with Crippen molar-refractivity contribution in [1.29, 1.82) is 0 Å². The summed E-state index contributed by atoms with van der Waals surface area (Å²) in [5.41, 5.74) is 1.29. The average Bonchev–Trinajstić information content (AvgIpc) is 1.68. The lowest BCUT2D eigenvalue weighted by Crippen LogP contribution is -2.32. The number of methoxy groups -OCH3 is 1. The Bertz CT molecular complexity index is 5690. The number of carbonyl (C=O) groups is 8. The zero-order valence-electron chi connectivity index (χ0n) is 75.3. The number of aromatic nitrogens is 1. The van der Waals surface area contributed by atoms with E-state index in [1.54, 1.807) is 105 Å². The van der Waals surface area contributed by atoms with Gasteiger partial charge in [-0.15, -0.1) is 35.1 Å². The third-order valence-corrected chi connectivity index (χ3v) is 25.0. The second kappa shape index (κ2) is 54.2. The number of amides is 6. The number of thioether (sulfide) groups is 2. The van der Waals surface area contributed by atoms with Crippen LogP contribution in [-0.4, -0.2) is 245 Å². The van der Waals surface area contributed by atoms with E-state index in [0.717, 1.165) is 41.4 Å². The molecule has 746 valence electrons. The lowest BCUT2D eigenvalue weighted by atomic mass is 10.1. The van der Waals surface area contributed by atoms with Crippen molar-refractivity contribution in [3.8, 4) is 0 Å². The number of esters is 2. The minimum Gasteiger partial charge on any atom is -0.465 e. The lowest BCUT2D eigenvalue weighted by Gasteiger charge is -2.20. The fourth-order valence-electron chi connectivity index (χ4n) is 12.5. The molecular weight excluding hydrogens is 2050 g/mol. The summed E-state index contributed by atoms with van der Waals surface area (Å²) in [6.45, 7) is 19.9. The fourth-order valence-corrected chi connectivity index (χ4v) is 16.7. The molecule has 0 radical (unpaired) electrons. The van der Waals surface area contributed by atoms with Crippen LogP contribution in [0.1, 0.15) is 90.5 Å². The Kier molecular flexibility index (Phi) is 44.9. The number of cyclic esters (lactones) is 6. The van der Waals surface area contributed by atoms with Crippen LogP contribution in [0.15, 0.2) is 139 Å². The third kappa shape index (κ3) is 35.0. The Morgan fingerprint density at radius 2 is 0.768 bits per heavy atom. The molecule has 6 aromatic carbocycles. The topological polar surface area (TPSA) is 375 Å². The maximum absolute atomic E-state index is 14.4. The second-order valence-corrected chi connectivity index (χ2v) is 40.3. The van der Waals surface area contributed by atoms with Crippen LogP contribution in [0.5, 0.6) is 0 Å². The molecule has 1 unspecified atom stereocenters. The van der Waals surface area contributed by atoms with Crippen molar-refractivity contribution in [2.75, 3.05) is 139 Å². The molecule has 6 aliphatic rings. The van der Waals surface area contributed by atoms with Gasteiger partial charge < -0.3 is 69.8 Å². The highest BCUT2D eigenvalue weighted by Gasteiger charge is 2.40. The number of nitrogens with zero attached hydrogens (tertiary/aromatic N) is 8. The molecule has 6 aliphatic heterocycles. The van der Waals surface area contributed by atoms with Gasteiger partial charge in [-0.3, -0.25) is 43.7 Å². The molecule has 1 aromatic heterocycles. The molecule has 0 spiro atoms. The van der Waals surface area contributed by atoms with Crippen LogP contribution in [-0.2, 0) is 48.7 Å². The Morgan fingerprint density at radius 3 is 1.02 bits per heavy atom. The van der Waals surface area contributed by atoms with Crippen LogP contribution >= 0.6 is 132 Å². The van der Waals surface area contributed by atoms with Gasteiger partial charge in [-0.2, -0.15) is 0 Å². The molecule has 13 rings (SSSR count). The first kappa shape index (κ1) is 114. The number of rotatable bonds is 28. The molecule has 7 heterocycles. The number of nitrogens with one attached hydrogen (secondary N) is 6. The predicted octanol–water partition coefficient (Wildman–Crippen LogP) is 17.2. The van der Waals surface area contributed by atoms with Gasteiger partial charge in [-0.1, -0.05) is 92.5 Å². The maximum atomic E-state index is 14.4. The van der Waals surface area contributed by atoms with Crippen LogP contribution in [0.4, 0.5) is 94.2 Å². The Balaban J connectivity index is 0.000000226. The van der Waals surface area contributed by atoms with Gasteiger partial charge in [0, 0.05) is 27.7 Å². The number of carbonyl (C=O) groups excluding carboxylic acids is 8. The lowest BCUT2D eigenvalue weighted by molar-refractivity contribution is -0.380. The van der Waals surface area contributed by atoms with E-state index in [9.17, 15) is 79.0 Å². The minimum absolute atomic E-state index is 0. The van der Waals surface area contributed by atoms with E-state index >= 15 is 0 Å².